The van der Waals surface area contributed by atoms with Gasteiger partial charge in [0.2, 0.25) is 0 Å². The maximum Gasteiger partial charge on any atom is 0.258 e. The second-order valence-corrected chi connectivity index (χ2v) is 6.48. The lowest BCUT2D eigenvalue weighted by molar-refractivity contribution is -0.123. The molecule has 1 aliphatic rings. The molecule has 0 spiro atoms. The van der Waals surface area contributed by atoms with Gasteiger partial charge in [-0.3, -0.25) is 4.79 Å². The van der Waals surface area contributed by atoms with Crippen LogP contribution < -0.4 is 14.8 Å². The molecule has 1 unspecified atom stereocenters. The van der Waals surface area contributed by atoms with Crippen molar-refractivity contribution in [2.75, 3.05) is 13.2 Å². The van der Waals surface area contributed by atoms with E-state index in [0.717, 1.165) is 24.3 Å². The zero-order valence-corrected chi connectivity index (χ0v) is 14.7. The standard InChI is InChI=1S/C21H25NO3/c1-16(14-24-18-10-3-2-4-11-18)22-21(23)15-25-20-13-7-9-17-8-5-6-12-19(17)20/h2-4,7,9-11,13,16H,5-6,8,12,14-15H2,1H3,(H,22,23). The zero-order valence-electron chi connectivity index (χ0n) is 14.7. The second-order valence-electron chi connectivity index (χ2n) is 6.48. The summed E-state index contributed by atoms with van der Waals surface area (Å²) in [4.78, 5) is 12.1. The number of para-hydroxylation sites is 1. The molecule has 1 atom stereocenters. The largest absolute Gasteiger partial charge is 0.491 e. The van der Waals surface area contributed by atoms with Crippen molar-refractivity contribution in [3.05, 3.63) is 59.7 Å². The van der Waals surface area contributed by atoms with E-state index in [0.29, 0.717) is 6.61 Å². The van der Waals surface area contributed by atoms with Crippen molar-refractivity contribution < 1.29 is 14.3 Å². The molecule has 0 bridgehead atoms. The van der Waals surface area contributed by atoms with Gasteiger partial charge in [0.05, 0.1) is 6.04 Å². The lowest BCUT2D eigenvalue weighted by Crippen LogP contribution is -2.39. The summed E-state index contributed by atoms with van der Waals surface area (Å²) in [6.07, 6.45) is 4.56. The minimum atomic E-state index is -0.127. The average Bonchev–Trinajstić information content (AvgIpc) is 2.65. The maximum atomic E-state index is 12.1. The molecule has 0 saturated heterocycles. The van der Waals surface area contributed by atoms with Crippen LogP contribution in [0.1, 0.15) is 30.9 Å². The summed E-state index contributed by atoms with van der Waals surface area (Å²) >= 11 is 0. The highest BCUT2D eigenvalue weighted by Crippen LogP contribution is 2.29. The van der Waals surface area contributed by atoms with Gasteiger partial charge in [0, 0.05) is 0 Å². The number of amides is 1. The average molecular weight is 339 g/mol. The van der Waals surface area contributed by atoms with E-state index in [2.05, 4.69) is 11.4 Å². The molecule has 25 heavy (non-hydrogen) atoms. The van der Waals surface area contributed by atoms with Crippen LogP contribution in [-0.2, 0) is 17.6 Å². The smallest absolute Gasteiger partial charge is 0.258 e. The van der Waals surface area contributed by atoms with Gasteiger partial charge in [-0.2, -0.15) is 0 Å². The van der Waals surface area contributed by atoms with Gasteiger partial charge < -0.3 is 14.8 Å². The summed E-state index contributed by atoms with van der Waals surface area (Å²) in [5, 5.41) is 2.91. The fourth-order valence-electron chi connectivity index (χ4n) is 3.12. The number of carbonyl (C=O) groups is 1. The highest BCUT2D eigenvalue weighted by atomic mass is 16.5. The molecule has 0 fully saturated rings. The van der Waals surface area contributed by atoms with Crippen molar-refractivity contribution in [2.24, 2.45) is 0 Å². The minimum Gasteiger partial charge on any atom is -0.491 e. The van der Waals surface area contributed by atoms with Crippen LogP contribution in [-0.4, -0.2) is 25.2 Å². The van der Waals surface area contributed by atoms with Crippen molar-refractivity contribution in [3.8, 4) is 11.5 Å². The van der Waals surface area contributed by atoms with E-state index in [1.165, 1.54) is 24.0 Å². The number of carbonyl (C=O) groups excluding carboxylic acids is 1. The van der Waals surface area contributed by atoms with Crippen molar-refractivity contribution in [3.63, 3.8) is 0 Å². The van der Waals surface area contributed by atoms with E-state index in [4.69, 9.17) is 9.47 Å². The number of rotatable bonds is 7. The molecular weight excluding hydrogens is 314 g/mol. The minimum absolute atomic E-state index is 0.0339. The fraction of sp³-hybridized carbons (Fsp3) is 0.381. The summed E-state index contributed by atoms with van der Waals surface area (Å²) < 4.78 is 11.4. The van der Waals surface area contributed by atoms with Gasteiger partial charge >= 0.3 is 0 Å². The third-order valence-electron chi connectivity index (χ3n) is 4.36. The van der Waals surface area contributed by atoms with Gasteiger partial charge in [0.1, 0.15) is 18.1 Å². The highest BCUT2D eigenvalue weighted by molar-refractivity contribution is 5.77. The van der Waals surface area contributed by atoms with Crippen LogP contribution in [0.25, 0.3) is 0 Å². The van der Waals surface area contributed by atoms with Crippen LogP contribution in [0, 0.1) is 0 Å². The molecule has 1 N–H and O–H groups in total. The highest BCUT2D eigenvalue weighted by Gasteiger charge is 2.15. The normalized spacial score (nSPS) is 14.3. The molecule has 2 aromatic carbocycles. The lowest BCUT2D eigenvalue weighted by Gasteiger charge is -2.20. The number of benzene rings is 2. The van der Waals surface area contributed by atoms with Gasteiger partial charge in [0.25, 0.3) is 5.91 Å². The van der Waals surface area contributed by atoms with Crippen molar-refractivity contribution >= 4 is 5.91 Å². The van der Waals surface area contributed by atoms with Gasteiger partial charge in [-0.1, -0.05) is 30.3 Å². The predicted molar refractivity (Wildman–Crippen MR) is 98.1 cm³/mol. The predicted octanol–water partition coefficient (Wildman–Crippen LogP) is 3.53. The van der Waals surface area contributed by atoms with Crippen LogP contribution in [0.5, 0.6) is 11.5 Å². The second kappa shape index (κ2) is 8.56. The Morgan fingerprint density at radius 3 is 2.68 bits per heavy atom. The van der Waals surface area contributed by atoms with Crippen LogP contribution in [0.3, 0.4) is 0 Å². The van der Waals surface area contributed by atoms with E-state index >= 15 is 0 Å². The van der Waals surface area contributed by atoms with E-state index in [1.807, 2.05) is 49.4 Å². The van der Waals surface area contributed by atoms with Crippen LogP contribution in [0.2, 0.25) is 0 Å². The molecule has 0 aliphatic heterocycles. The third-order valence-corrected chi connectivity index (χ3v) is 4.36. The zero-order chi connectivity index (χ0) is 17.5. The molecule has 1 amide bonds. The number of nitrogens with one attached hydrogen (secondary N) is 1. The topological polar surface area (TPSA) is 47.6 Å². The van der Waals surface area contributed by atoms with Gasteiger partial charge in [-0.05, 0) is 61.9 Å². The molecule has 0 saturated carbocycles. The van der Waals surface area contributed by atoms with Crippen molar-refractivity contribution in [1.29, 1.82) is 0 Å². The molecule has 3 rings (SSSR count). The monoisotopic (exact) mass is 339 g/mol. The first-order valence-electron chi connectivity index (χ1n) is 8.93. The molecule has 0 radical (unpaired) electrons. The van der Waals surface area contributed by atoms with Crippen molar-refractivity contribution in [2.45, 2.75) is 38.6 Å². The van der Waals surface area contributed by atoms with Gasteiger partial charge in [-0.25, -0.2) is 0 Å². The lowest BCUT2D eigenvalue weighted by atomic mass is 9.91. The van der Waals surface area contributed by atoms with Crippen molar-refractivity contribution in [1.82, 2.24) is 5.32 Å². The van der Waals surface area contributed by atoms with Crippen LogP contribution >= 0.6 is 0 Å². The Kier molecular flexibility index (Phi) is 5.94. The van der Waals surface area contributed by atoms with Gasteiger partial charge in [0.15, 0.2) is 6.61 Å². The SMILES string of the molecule is CC(COc1ccccc1)NC(=O)COc1cccc2c1CCCC2. The number of hydrogen-bond donors (Lipinski definition) is 1. The summed E-state index contributed by atoms with van der Waals surface area (Å²) in [5.74, 6) is 1.52. The van der Waals surface area contributed by atoms with Gasteiger partial charge in [-0.15, -0.1) is 0 Å². The first-order chi connectivity index (χ1) is 12.2. The number of fused-ring (bicyclic) bond motifs is 1. The Morgan fingerprint density at radius 1 is 1.04 bits per heavy atom. The molecule has 4 nitrogen and oxygen atoms in total. The quantitative estimate of drug-likeness (QED) is 0.839. The third kappa shape index (κ3) is 4.99. The summed E-state index contributed by atoms with van der Waals surface area (Å²) in [5.41, 5.74) is 2.62. The van der Waals surface area contributed by atoms with E-state index in [1.54, 1.807) is 0 Å². The molecule has 2 aromatic rings. The van der Waals surface area contributed by atoms with E-state index in [-0.39, 0.29) is 18.6 Å². The van der Waals surface area contributed by atoms with E-state index < -0.39 is 0 Å². The Hall–Kier alpha value is -2.49. The number of ether oxygens (including phenoxy) is 2. The number of hydrogen-bond acceptors (Lipinski definition) is 3. The summed E-state index contributed by atoms with van der Waals surface area (Å²) in [7, 11) is 0. The summed E-state index contributed by atoms with van der Waals surface area (Å²) in [6, 6.07) is 15.6. The van der Waals surface area contributed by atoms with E-state index in [9.17, 15) is 4.79 Å². The Labute approximate surface area is 149 Å². The first-order valence-corrected chi connectivity index (χ1v) is 8.93. The molecule has 0 heterocycles. The fourth-order valence-corrected chi connectivity index (χ4v) is 3.12. The number of aryl methyl sites for hydroxylation is 1. The molecule has 4 heteroatoms. The molecular formula is C21H25NO3. The van der Waals surface area contributed by atoms with Crippen LogP contribution in [0.4, 0.5) is 0 Å². The van der Waals surface area contributed by atoms with Crippen LogP contribution in [0.15, 0.2) is 48.5 Å². The first kappa shape index (κ1) is 17.3. The molecule has 0 aromatic heterocycles. The Balaban J connectivity index is 1.45. The molecule has 1 aliphatic carbocycles. The Bertz CT molecular complexity index is 700. The maximum absolute atomic E-state index is 12.1. The summed E-state index contributed by atoms with van der Waals surface area (Å²) in [6.45, 7) is 2.38. The Morgan fingerprint density at radius 2 is 1.84 bits per heavy atom. The molecule has 132 valence electrons.